The van der Waals surface area contributed by atoms with Crippen molar-refractivity contribution < 1.29 is 13.2 Å². The van der Waals surface area contributed by atoms with Crippen LogP contribution < -0.4 is 10.5 Å². The van der Waals surface area contributed by atoms with Gasteiger partial charge >= 0.3 is 0 Å². The van der Waals surface area contributed by atoms with Gasteiger partial charge in [0.15, 0.2) is 9.84 Å². The van der Waals surface area contributed by atoms with Gasteiger partial charge in [-0.15, -0.1) is 0 Å². The van der Waals surface area contributed by atoms with Gasteiger partial charge in [0.2, 0.25) is 0 Å². The molecule has 0 aromatic heterocycles. The predicted molar refractivity (Wildman–Crippen MR) is 66.8 cm³/mol. The minimum absolute atomic E-state index is 0.192. The van der Waals surface area contributed by atoms with Crippen LogP contribution in [0.15, 0.2) is 23.1 Å². The van der Waals surface area contributed by atoms with E-state index in [-0.39, 0.29) is 10.6 Å². The lowest BCUT2D eigenvalue weighted by Gasteiger charge is -2.10. The lowest BCUT2D eigenvalue weighted by molar-refractivity contribution is 0.403. The first-order valence-electron chi connectivity index (χ1n) is 5.69. The van der Waals surface area contributed by atoms with E-state index in [1.165, 1.54) is 13.2 Å². The molecule has 0 aliphatic heterocycles. The van der Waals surface area contributed by atoms with Crippen LogP contribution in [-0.4, -0.2) is 21.3 Å². The fraction of sp³-hybridized carbons (Fsp3) is 0.500. The van der Waals surface area contributed by atoms with Crippen molar-refractivity contribution in [3.8, 4) is 5.75 Å². The minimum Gasteiger partial charge on any atom is -0.495 e. The Bertz CT molecular complexity index is 506. The molecule has 1 fully saturated rings. The van der Waals surface area contributed by atoms with Crippen molar-refractivity contribution in [2.75, 3.05) is 18.6 Å². The molecule has 4 nitrogen and oxygen atoms in total. The summed E-state index contributed by atoms with van der Waals surface area (Å²) in [6.45, 7) is 0. The molecule has 1 aromatic carbocycles. The van der Waals surface area contributed by atoms with Crippen LogP contribution in [0.5, 0.6) is 5.75 Å². The van der Waals surface area contributed by atoms with E-state index in [0.717, 1.165) is 19.3 Å². The number of benzene rings is 1. The molecule has 0 heterocycles. The topological polar surface area (TPSA) is 69.4 Å². The van der Waals surface area contributed by atoms with Crippen molar-refractivity contribution in [3.63, 3.8) is 0 Å². The Balaban J connectivity index is 2.24. The van der Waals surface area contributed by atoms with Gasteiger partial charge < -0.3 is 10.5 Å². The van der Waals surface area contributed by atoms with Crippen molar-refractivity contribution >= 4 is 15.5 Å². The van der Waals surface area contributed by atoms with E-state index in [4.69, 9.17) is 10.5 Å². The molecule has 1 aromatic rings. The minimum atomic E-state index is -3.26. The van der Waals surface area contributed by atoms with Gasteiger partial charge in [0.25, 0.3) is 0 Å². The summed E-state index contributed by atoms with van der Waals surface area (Å²) in [4.78, 5) is 0.245. The summed E-state index contributed by atoms with van der Waals surface area (Å²) in [6.07, 6.45) is 3.07. The largest absolute Gasteiger partial charge is 0.495 e. The number of ether oxygens (including phenoxy) is 1. The van der Waals surface area contributed by atoms with Crippen LogP contribution in [0, 0.1) is 5.92 Å². The Morgan fingerprint density at radius 2 is 2.12 bits per heavy atom. The van der Waals surface area contributed by atoms with Crippen LogP contribution in [-0.2, 0) is 9.84 Å². The molecule has 0 saturated heterocycles. The fourth-order valence-corrected chi connectivity index (χ4v) is 3.37. The highest BCUT2D eigenvalue weighted by molar-refractivity contribution is 7.91. The van der Waals surface area contributed by atoms with Gasteiger partial charge in [-0.25, -0.2) is 8.42 Å². The van der Waals surface area contributed by atoms with Crippen molar-refractivity contribution in [2.24, 2.45) is 5.92 Å². The van der Waals surface area contributed by atoms with Gasteiger partial charge in [-0.3, -0.25) is 0 Å². The Hall–Kier alpha value is -1.23. The Labute approximate surface area is 102 Å². The molecule has 1 aliphatic carbocycles. The first kappa shape index (κ1) is 12.2. The zero-order chi connectivity index (χ0) is 12.5. The average molecular weight is 255 g/mol. The molecule has 0 atom stereocenters. The van der Waals surface area contributed by atoms with Crippen LogP contribution in [0.2, 0.25) is 0 Å². The molecule has 2 rings (SSSR count). The van der Waals surface area contributed by atoms with E-state index in [9.17, 15) is 8.42 Å². The second-order valence-electron chi connectivity index (χ2n) is 4.46. The van der Waals surface area contributed by atoms with Crippen molar-refractivity contribution in [1.29, 1.82) is 0 Å². The van der Waals surface area contributed by atoms with Crippen LogP contribution in [0.3, 0.4) is 0 Å². The number of hydrogen-bond donors (Lipinski definition) is 1. The molecule has 0 bridgehead atoms. The van der Waals surface area contributed by atoms with Crippen molar-refractivity contribution in [3.05, 3.63) is 18.2 Å². The summed E-state index contributed by atoms with van der Waals surface area (Å²) in [6, 6.07) is 4.66. The maximum absolute atomic E-state index is 12.1. The molecule has 1 saturated carbocycles. The maximum atomic E-state index is 12.1. The van der Waals surface area contributed by atoms with E-state index in [0.29, 0.717) is 17.4 Å². The molecule has 17 heavy (non-hydrogen) atoms. The normalized spacial score (nSPS) is 15.8. The quantitative estimate of drug-likeness (QED) is 0.815. The summed E-state index contributed by atoms with van der Waals surface area (Å²) in [5.74, 6) is 1.13. The number of anilines is 1. The molecule has 0 spiro atoms. The number of rotatable bonds is 5. The van der Waals surface area contributed by atoms with Gasteiger partial charge in [-0.2, -0.15) is 0 Å². The first-order chi connectivity index (χ1) is 8.03. The number of nitrogen functional groups attached to an aromatic ring is 1. The van der Waals surface area contributed by atoms with Crippen molar-refractivity contribution in [2.45, 2.75) is 24.2 Å². The van der Waals surface area contributed by atoms with Gasteiger partial charge in [0.05, 0.1) is 12.9 Å². The van der Waals surface area contributed by atoms with E-state index in [2.05, 4.69) is 0 Å². The summed E-state index contributed by atoms with van der Waals surface area (Å²) >= 11 is 0. The average Bonchev–Trinajstić information content (AvgIpc) is 3.09. The molecule has 1 aliphatic rings. The van der Waals surface area contributed by atoms with E-state index < -0.39 is 9.84 Å². The van der Waals surface area contributed by atoms with Crippen LogP contribution in [0.1, 0.15) is 19.3 Å². The second-order valence-corrected chi connectivity index (χ2v) is 6.54. The van der Waals surface area contributed by atoms with E-state index in [1.54, 1.807) is 12.1 Å². The highest BCUT2D eigenvalue weighted by atomic mass is 32.2. The zero-order valence-corrected chi connectivity index (χ0v) is 10.7. The highest BCUT2D eigenvalue weighted by Crippen LogP contribution is 2.34. The molecule has 5 heteroatoms. The SMILES string of the molecule is COc1cc(N)ccc1S(=O)(=O)CCC1CC1. The molecule has 0 unspecified atom stereocenters. The second kappa shape index (κ2) is 4.56. The smallest absolute Gasteiger partial charge is 0.182 e. The standard InChI is InChI=1S/C12H17NO3S/c1-16-11-8-10(13)4-5-12(11)17(14,15)7-6-9-2-3-9/h4-5,8-9H,2-3,6-7,13H2,1H3. The maximum Gasteiger partial charge on any atom is 0.182 e. The lowest BCUT2D eigenvalue weighted by Crippen LogP contribution is -2.09. The van der Waals surface area contributed by atoms with Gasteiger partial charge in [0.1, 0.15) is 10.6 Å². The van der Waals surface area contributed by atoms with Crippen LogP contribution in [0.4, 0.5) is 5.69 Å². The monoisotopic (exact) mass is 255 g/mol. The number of nitrogens with two attached hydrogens (primary N) is 1. The summed E-state index contributed by atoms with van der Waals surface area (Å²) in [5.41, 5.74) is 6.11. The van der Waals surface area contributed by atoms with E-state index >= 15 is 0 Å². The van der Waals surface area contributed by atoms with E-state index in [1.807, 2.05) is 0 Å². The zero-order valence-electron chi connectivity index (χ0n) is 9.85. The third-order valence-electron chi connectivity index (χ3n) is 3.01. The Kier molecular flexibility index (Phi) is 3.28. The third kappa shape index (κ3) is 2.91. The summed E-state index contributed by atoms with van der Waals surface area (Å²) < 4.78 is 29.3. The van der Waals surface area contributed by atoms with Gasteiger partial charge in [-0.05, 0) is 24.5 Å². The van der Waals surface area contributed by atoms with Gasteiger partial charge in [-0.1, -0.05) is 12.8 Å². The first-order valence-corrected chi connectivity index (χ1v) is 7.34. The fourth-order valence-electron chi connectivity index (χ4n) is 1.78. The number of sulfone groups is 1. The third-order valence-corrected chi connectivity index (χ3v) is 4.80. The molecule has 0 radical (unpaired) electrons. The van der Waals surface area contributed by atoms with Crippen LogP contribution in [0.25, 0.3) is 0 Å². The molecular formula is C12H17NO3S. The molecule has 94 valence electrons. The molecular weight excluding hydrogens is 238 g/mol. The summed E-state index contributed by atoms with van der Waals surface area (Å²) in [7, 11) is -1.80. The highest BCUT2D eigenvalue weighted by Gasteiger charge is 2.26. The van der Waals surface area contributed by atoms with Crippen LogP contribution >= 0.6 is 0 Å². The molecule has 2 N–H and O–H groups in total. The molecule has 0 amide bonds. The predicted octanol–water partition coefficient (Wildman–Crippen LogP) is 1.85. The number of methoxy groups -OCH3 is 1. The van der Waals surface area contributed by atoms with Crippen molar-refractivity contribution in [1.82, 2.24) is 0 Å². The Morgan fingerprint density at radius 1 is 1.41 bits per heavy atom. The summed E-state index contributed by atoms with van der Waals surface area (Å²) in [5, 5.41) is 0. The Morgan fingerprint density at radius 3 is 2.71 bits per heavy atom. The van der Waals surface area contributed by atoms with Gasteiger partial charge in [0, 0.05) is 11.8 Å². The number of hydrogen-bond acceptors (Lipinski definition) is 4. The lowest BCUT2D eigenvalue weighted by atomic mass is 10.3.